The van der Waals surface area contributed by atoms with E-state index in [1.54, 1.807) is 157 Å². The van der Waals surface area contributed by atoms with Gasteiger partial charge in [-0.05, 0) is 0 Å². The van der Waals surface area contributed by atoms with Gasteiger partial charge in [0.05, 0.1) is 0 Å². The number of benzene rings is 12. The van der Waals surface area contributed by atoms with Crippen LogP contribution in [0, 0.1) is 0 Å². The molecule has 0 spiro atoms. The van der Waals surface area contributed by atoms with Gasteiger partial charge in [0.15, 0.2) is 0 Å². The second kappa shape index (κ2) is 35.8. The first-order chi connectivity index (χ1) is 72.0. The van der Waals surface area contributed by atoms with E-state index in [-0.39, 0.29) is 198 Å². The van der Waals surface area contributed by atoms with Crippen LogP contribution in [0.4, 0.5) is 34.9 Å². The number of hydrogen-bond acceptors (Lipinski definition) is 21. The van der Waals surface area contributed by atoms with Crippen molar-refractivity contribution in [3.63, 3.8) is 0 Å². The predicted octanol–water partition coefficient (Wildman–Crippen LogP) is 28.7. The maximum absolute atomic E-state index is 15.7. The van der Waals surface area contributed by atoms with Crippen LogP contribution in [-0.2, 0) is 9.23 Å². The fourth-order valence-corrected chi connectivity index (χ4v) is 38.1. The van der Waals surface area contributed by atoms with Crippen molar-refractivity contribution in [3.8, 4) is 0 Å². The Morgan fingerprint density at radius 3 is 0.553 bits per heavy atom. The Hall–Kier alpha value is -8.52. The minimum atomic E-state index is -4.77. The van der Waals surface area contributed by atoms with Gasteiger partial charge in [0.25, 0.3) is 0 Å². The Morgan fingerprint density at radius 1 is 0.147 bits per heavy atom. The quantitative estimate of drug-likeness (QED) is 0.134. The molecule has 12 aliphatic rings. The van der Waals surface area contributed by atoms with Crippen molar-refractivity contribution in [2.75, 3.05) is 0 Å². The van der Waals surface area contributed by atoms with Gasteiger partial charge in [0, 0.05) is 0 Å². The summed E-state index contributed by atoms with van der Waals surface area (Å²) < 4.78 is 56.4. The molecule has 0 aliphatic carbocycles. The van der Waals surface area contributed by atoms with Crippen molar-refractivity contribution in [1.29, 1.82) is 0 Å². The van der Waals surface area contributed by atoms with Crippen molar-refractivity contribution in [1.82, 2.24) is 16.7 Å². The number of fused-ring (bicyclic) bond motifs is 42. The molecular formula is C96H24Cl24N24O3Sn3. The Morgan fingerprint density at radius 2 is 0.307 bits per heavy atom. The van der Waals surface area contributed by atoms with E-state index in [2.05, 4.69) is 0 Å². The zero-order valence-electron chi connectivity index (χ0n) is 72.4. The number of rotatable bonds is 0. The molecule has 27 nitrogen and oxygen atoms in total. The Labute approximate surface area is 978 Å². The van der Waals surface area contributed by atoms with Gasteiger partial charge in [-0.15, -0.1) is 0 Å². The number of nitrogens with zero attached hydrogens (tertiary/aromatic N) is 24. The van der Waals surface area contributed by atoms with Crippen molar-refractivity contribution in [2.45, 2.75) is 0 Å². The van der Waals surface area contributed by atoms with Crippen LogP contribution in [0.2, 0.25) is 121 Å². The summed E-state index contributed by atoms with van der Waals surface area (Å²) in [6.45, 7) is 0. The molecule has 18 heterocycles. The van der Waals surface area contributed by atoms with Crippen LogP contribution in [0.5, 0.6) is 0 Å². The fourth-order valence-electron chi connectivity index (χ4n) is 19.6. The number of aromatic nitrogens is 6. The van der Waals surface area contributed by atoms with E-state index in [1.807, 2.05) is 0 Å². The van der Waals surface area contributed by atoms with E-state index in [9.17, 15) is 0 Å². The molecule has 18 bridgehead atoms. The number of aliphatic imine (C=N–C) groups is 12. The molecule has 0 saturated carbocycles. The molecule has 0 radical (unpaired) electrons. The average molecular weight is 2770 g/mol. The third-order valence-corrected chi connectivity index (χ3v) is 48.0. The third-order valence-electron chi connectivity index (χ3n) is 26.1. The molecule has 0 saturated heterocycles. The van der Waals surface area contributed by atoms with Gasteiger partial charge in [0.1, 0.15) is 0 Å². The van der Waals surface area contributed by atoms with Crippen LogP contribution in [0.15, 0.2) is 235 Å². The van der Waals surface area contributed by atoms with Crippen LogP contribution < -0.4 is 32.9 Å². The molecule has 726 valence electrons. The summed E-state index contributed by atoms with van der Waals surface area (Å²) in [5, 5.41) is 12.3. The first-order valence-corrected chi connectivity index (χ1v) is 63.3. The van der Waals surface area contributed by atoms with Crippen molar-refractivity contribution in [2.24, 2.45) is 89.9 Å². The average Bonchev–Trinajstić information content (AvgIpc) is 1.54. The van der Waals surface area contributed by atoms with E-state index in [0.29, 0.717) is 192 Å². The summed E-state index contributed by atoms with van der Waals surface area (Å²) in [6.07, 6.45) is 0. The Balaban J connectivity index is 0.000000108. The maximum atomic E-state index is 15.7. The molecule has 150 heavy (non-hydrogen) atoms. The summed E-state index contributed by atoms with van der Waals surface area (Å²) in [7, 11) is 0. The van der Waals surface area contributed by atoms with E-state index in [4.69, 9.17) is 368 Å². The van der Waals surface area contributed by atoms with E-state index in [0.717, 1.165) is 0 Å². The molecule has 0 N–H and O–H groups in total. The summed E-state index contributed by atoms with van der Waals surface area (Å²) in [6, 6.07) is 39.5. The van der Waals surface area contributed by atoms with E-state index in [1.165, 1.54) is 5.58 Å². The molecule has 6 aromatic heterocycles. The normalized spacial score (nSPS) is 15.2. The molecule has 30 rings (SSSR count). The summed E-state index contributed by atoms with van der Waals surface area (Å²) in [4.78, 5) is 89.3. The molecule has 0 unspecified atom stereocenters. The number of hydrogen-bond donors (Lipinski definition) is 0. The molecule has 0 fully saturated rings. The molecule has 0 atom stereocenters. The van der Waals surface area contributed by atoms with Gasteiger partial charge >= 0.3 is 991 Å². The minimum absolute atomic E-state index is 0.158. The monoisotopic (exact) mass is 2760 g/mol. The summed E-state index contributed by atoms with van der Waals surface area (Å²) >= 11 is 147. The van der Waals surface area contributed by atoms with Crippen LogP contribution >= 0.6 is 278 Å². The van der Waals surface area contributed by atoms with E-state index < -0.39 is 60.9 Å². The number of amidine groups is 12. The Kier molecular flexibility index (Phi) is 23.4. The van der Waals surface area contributed by atoms with Crippen molar-refractivity contribution in [3.05, 3.63) is 366 Å². The zero-order valence-corrected chi connectivity index (χ0v) is 99.1. The van der Waals surface area contributed by atoms with Gasteiger partial charge < -0.3 is 0 Å². The summed E-state index contributed by atoms with van der Waals surface area (Å²) in [5.41, 5.74) is 7.04. The summed E-state index contributed by atoms with van der Waals surface area (Å²) in [5.74, 6) is 3.75. The topological polar surface area (TPSA) is 303 Å². The van der Waals surface area contributed by atoms with Gasteiger partial charge in [-0.25, -0.2) is 0 Å². The first kappa shape index (κ1) is 98.4. The molecule has 18 aromatic rings. The molecular weight excluding hydrogens is 2740 g/mol. The second-order valence-electron chi connectivity index (χ2n) is 34.2. The van der Waals surface area contributed by atoms with Crippen LogP contribution in [-0.4, -0.2) is 148 Å². The van der Waals surface area contributed by atoms with Crippen LogP contribution in [0.25, 0.3) is 64.6 Å². The van der Waals surface area contributed by atoms with Crippen molar-refractivity contribution < 1.29 is 9.23 Å². The number of halogens is 24. The van der Waals surface area contributed by atoms with Gasteiger partial charge in [-0.1, -0.05) is 0 Å². The van der Waals surface area contributed by atoms with Crippen LogP contribution in [0.3, 0.4) is 0 Å². The van der Waals surface area contributed by atoms with E-state index >= 15 is 9.23 Å². The van der Waals surface area contributed by atoms with Gasteiger partial charge in [0.2, 0.25) is 0 Å². The fraction of sp³-hybridized carbons (Fsp3) is 0. The zero-order chi connectivity index (χ0) is 103. The van der Waals surface area contributed by atoms with Crippen LogP contribution in [0.1, 0.15) is 66.8 Å². The Bertz CT molecular complexity index is 10300. The SMILES string of the molecule is [O]=[Sn]1[n]2c3c4c(Cl)ccc(Cl)c4c2N=C2N=C(N=c4c5c(Cl)ccc(Cl)c5c([n]41)=NC1=NC(=N3)c3c(Cl)ccc(Cl)c31)c1c(Cl)ccc(Cl)c12.[O]=[Sn]1[n]2c3c4cc(Cl)c(Cl)cc4c2N=C2N=C(N=c4c5cc(Cl)c(Cl)cc5c([n]41)=NC1=NC(=N3)c3c(Cl)ccc(Cl)c31)c1c(Cl)ccc(Cl)c12.[O]=[Sn]1[n]2c3c4cc(Cl)c(Cl)cc4c2N=C2N=C(N=c4c5cc(Cl)c(Cl)cc5c([n]41)=NC1=NC(=N3)c3cc(Cl)c(Cl)cc31)c1cc(Cl)c(Cl)cc12. The molecule has 12 aliphatic heterocycles. The van der Waals surface area contributed by atoms with Crippen molar-refractivity contribution >= 4 is 509 Å². The molecule has 12 aromatic carbocycles. The third kappa shape index (κ3) is 14.5. The first-order valence-electron chi connectivity index (χ1n) is 43.1. The predicted molar refractivity (Wildman–Crippen MR) is 606 cm³/mol. The molecule has 54 heteroatoms. The van der Waals surface area contributed by atoms with Gasteiger partial charge in [-0.2, -0.15) is 0 Å². The standard InChI is InChI=1S/3C32H8Cl8N8.3O.3Sn/c33-17-1-9-10(2-18(17)34)26-41-25(9)45-27-11-3-19(35)20(36)4-12(11)29(42-27)47-31-15-7-23(39)24(40)8-16(15)32(44-31)48-30-14-6-22(38)21(37)5-13(14)28(43-30)46-26;33-13-1-2-14(34)22-21(13)29-43-25-9-5-17(37)18(38)6-10(9)27(41-25)45-31-23-15(35)3-4-16(36)24(23)32(48-31)46-28-12-8-20(40)19(39)7-11(12)26(42-28)44-30(22)47-29;33-9-1-2-10(34)18-17(9)25-41-26(18)46-28-21-13(37)5-6-14(38)22(21)30(43-28)48-32-24-16(40)8-7-15(39)23(24)31(44-32)47-29-20-12(36)4-3-11(35)19(20)27(42-29)45-25;;;;;;/h3*1-8H;;;;;;/q3*-2;;;;3*+2. The molecule has 0 amide bonds. The van der Waals surface area contributed by atoms with Gasteiger partial charge in [-0.3, -0.25) is 0 Å². The second-order valence-corrected chi connectivity index (χ2v) is 56.5.